The van der Waals surface area contributed by atoms with Crippen molar-refractivity contribution >= 4 is 16.9 Å². The SMILES string of the molecule is CC[C@@]1(O)C(=O)OCc2c1cc1n(c2=O)Cc2c-1c(=O)c1cc(F)cc3c1n2CC[C@@H]3F. The Morgan fingerprint density at radius 2 is 2.00 bits per heavy atom. The maximum Gasteiger partial charge on any atom is 0.343 e. The van der Waals surface area contributed by atoms with Crippen molar-refractivity contribution in [3.8, 4) is 11.3 Å². The summed E-state index contributed by atoms with van der Waals surface area (Å²) in [5.41, 5.74) is -1.19. The molecule has 0 aliphatic carbocycles. The van der Waals surface area contributed by atoms with Crippen molar-refractivity contribution < 1.29 is 23.4 Å². The summed E-state index contributed by atoms with van der Waals surface area (Å²) in [6, 6.07) is 3.70. The number of hydrogen-bond donors (Lipinski definition) is 1. The first-order chi connectivity index (χ1) is 15.3. The van der Waals surface area contributed by atoms with Crippen molar-refractivity contribution in [2.75, 3.05) is 0 Å². The number of esters is 1. The second-order valence-corrected chi connectivity index (χ2v) is 8.55. The fourth-order valence-corrected chi connectivity index (χ4v) is 5.36. The summed E-state index contributed by atoms with van der Waals surface area (Å²) >= 11 is 0. The van der Waals surface area contributed by atoms with Gasteiger partial charge in [-0.15, -0.1) is 0 Å². The molecule has 3 aliphatic heterocycles. The van der Waals surface area contributed by atoms with Crippen LogP contribution in [0.1, 0.15) is 48.3 Å². The lowest BCUT2D eigenvalue weighted by molar-refractivity contribution is -0.172. The van der Waals surface area contributed by atoms with Crippen molar-refractivity contribution in [1.29, 1.82) is 0 Å². The van der Waals surface area contributed by atoms with E-state index in [0.717, 1.165) is 12.1 Å². The molecule has 0 saturated carbocycles. The van der Waals surface area contributed by atoms with Gasteiger partial charge in [0, 0.05) is 29.5 Å². The molecule has 0 fully saturated rings. The summed E-state index contributed by atoms with van der Waals surface area (Å²) in [5.74, 6) is -1.55. The fraction of sp³-hybridized carbons (Fsp3) is 0.348. The smallest absolute Gasteiger partial charge is 0.343 e. The predicted molar refractivity (Wildman–Crippen MR) is 109 cm³/mol. The van der Waals surface area contributed by atoms with Gasteiger partial charge in [0.25, 0.3) is 5.56 Å². The predicted octanol–water partition coefficient (Wildman–Crippen LogP) is 2.40. The molecule has 3 aromatic rings. The number of alkyl halides is 1. The lowest BCUT2D eigenvalue weighted by Gasteiger charge is -2.31. The number of hydrogen-bond acceptors (Lipinski definition) is 5. The third-order valence-electron chi connectivity index (χ3n) is 7.01. The van der Waals surface area contributed by atoms with E-state index in [-0.39, 0.29) is 65.9 Å². The highest BCUT2D eigenvalue weighted by Crippen LogP contribution is 2.41. The molecule has 0 bridgehead atoms. The van der Waals surface area contributed by atoms with E-state index in [1.54, 1.807) is 11.5 Å². The molecule has 0 unspecified atom stereocenters. The molecule has 9 heteroatoms. The number of carbonyl (C=O) groups is 1. The average Bonchev–Trinajstić information content (AvgIpc) is 3.16. The first kappa shape index (κ1) is 19.4. The summed E-state index contributed by atoms with van der Waals surface area (Å²) in [7, 11) is 0. The van der Waals surface area contributed by atoms with E-state index in [4.69, 9.17) is 4.74 Å². The molecule has 32 heavy (non-hydrogen) atoms. The minimum Gasteiger partial charge on any atom is -0.458 e. The zero-order valence-corrected chi connectivity index (χ0v) is 17.1. The molecular formula is C23H18F2N2O5. The topological polar surface area (TPSA) is 90.5 Å². The molecule has 0 radical (unpaired) electrons. The Morgan fingerprint density at radius 1 is 1.22 bits per heavy atom. The molecule has 0 saturated heterocycles. The van der Waals surface area contributed by atoms with E-state index in [9.17, 15) is 28.3 Å². The van der Waals surface area contributed by atoms with E-state index in [1.165, 1.54) is 10.6 Å². The third-order valence-corrected chi connectivity index (χ3v) is 7.01. The number of halogens is 2. The van der Waals surface area contributed by atoms with E-state index in [2.05, 4.69) is 0 Å². The second kappa shape index (κ2) is 6.13. The minimum atomic E-state index is -1.99. The van der Waals surface area contributed by atoms with Gasteiger partial charge in [0.2, 0.25) is 0 Å². The number of fused-ring (bicyclic) bond motifs is 5. The van der Waals surface area contributed by atoms with Crippen molar-refractivity contribution in [2.45, 2.75) is 51.2 Å². The Morgan fingerprint density at radius 3 is 2.75 bits per heavy atom. The maximum absolute atomic E-state index is 14.6. The van der Waals surface area contributed by atoms with E-state index in [0.29, 0.717) is 11.2 Å². The Kier molecular flexibility index (Phi) is 3.71. The molecule has 1 N–H and O–H groups in total. The number of aromatic nitrogens is 2. The van der Waals surface area contributed by atoms with Crippen LogP contribution in [0.5, 0.6) is 0 Å². The lowest BCUT2D eigenvalue weighted by atomic mass is 9.85. The van der Waals surface area contributed by atoms with Gasteiger partial charge in [-0.3, -0.25) is 9.59 Å². The Bertz CT molecular complexity index is 1510. The summed E-state index contributed by atoms with van der Waals surface area (Å²) in [5, 5.41) is 11.0. The van der Waals surface area contributed by atoms with Crippen LogP contribution in [0.15, 0.2) is 27.8 Å². The molecular weight excluding hydrogens is 422 g/mol. The van der Waals surface area contributed by atoms with E-state index in [1.807, 2.05) is 0 Å². The standard InChI is InChI=1S/C23H18F2N2O5/c1-2-23(31)14-7-16-18-17(8-27(16)21(29)13(14)9-32-22(23)30)26-4-3-15(25)11-5-10(24)6-12(19(11)26)20(18)28/h5-7,15,31H,2-4,8-9H2,1H3/t15-,23-/m0/s1. The zero-order chi connectivity index (χ0) is 22.5. The number of aliphatic hydroxyl groups is 1. The van der Waals surface area contributed by atoms with Gasteiger partial charge in [-0.05, 0) is 24.6 Å². The van der Waals surface area contributed by atoms with E-state index >= 15 is 0 Å². The highest BCUT2D eigenvalue weighted by Gasteiger charge is 2.45. The van der Waals surface area contributed by atoms with Crippen LogP contribution in [0.3, 0.4) is 0 Å². The molecule has 3 aliphatic rings. The average molecular weight is 440 g/mol. The second-order valence-electron chi connectivity index (χ2n) is 8.55. The van der Waals surface area contributed by atoms with Crippen LogP contribution in [0.4, 0.5) is 8.78 Å². The molecule has 2 atom stereocenters. The molecule has 0 spiro atoms. The van der Waals surface area contributed by atoms with Crippen LogP contribution >= 0.6 is 0 Å². The number of aryl methyl sites for hydroxylation is 1. The van der Waals surface area contributed by atoms with Crippen LogP contribution in [-0.4, -0.2) is 20.2 Å². The van der Waals surface area contributed by atoms with Gasteiger partial charge in [-0.1, -0.05) is 6.92 Å². The van der Waals surface area contributed by atoms with Gasteiger partial charge in [0.05, 0.1) is 34.6 Å². The number of benzene rings is 1. The third kappa shape index (κ3) is 2.19. The number of cyclic esters (lactones) is 1. The molecule has 2 aromatic heterocycles. The molecule has 164 valence electrons. The summed E-state index contributed by atoms with van der Waals surface area (Å²) in [6.07, 6.45) is -1.27. The van der Waals surface area contributed by atoms with Crippen molar-refractivity contribution in [1.82, 2.24) is 9.13 Å². The van der Waals surface area contributed by atoms with Crippen LogP contribution in [0, 0.1) is 5.82 Å². The molecule has 7 nitrogen and oxygen atoms in total. The van der Waals surface area contributed by atoms with Crippen LogP contribution in [-0.2, 0) is 34.8 Å². The summed E-state index contributed by atoms with van der Waals surface area (Å²) in [4.78, 5) is 39.1. The van der Waals surface area contributed by atoms with E-state index < -0.39 is 34.5 Å². The van der Waals surface area contributed by atoms with Gasteiger partial charge in [0.15, 0.2) is 11.0 Å². The van der Waals surface area contributed by atoms with Crippen LogP contribution < -0.4 is 11.0 Å². The number of pyridine rings is 2. The van der Waals surface area contributed by atoms with Crippen LogP contribution in [0.25, 0.3) is 22.2 Å². The highest BCUT2D eigenvalue weighted by molar-refractivity contribution is 5.90. The number of ether oxygens (including phenoxy) is 1. The van der Waals surface area contributed by atoms with Gasteiger partial charge in [-0.25, -0.2) is 13.6 Å². The Balaban J connectivity index is 1.73. The van der Waals surface area contributed by atoms with Crippen molar-refractivity contribution in [2.24, 2.45) is 0 Å². The first-order valence-electron chi connectivity index (χ1n) is 10.5. The Hall–Kier alpha value is -3.33. The number of carbonyl (C=O) groups excluding carboxylic acids is 1. The fourth-order valence-electron chi connectivity index (χ4n) is 5.36. The number of rotatable bonds is 1. The van der Waals surface area contributed by atoms with Gasteiger partial charge in [-0.2, -0.15) is 0 Å². The summed E-state index contributed by atoms with van der Waals surface area (Å²) < 4.78 is 37.1. The van der Waals surface area contributed by atoms with Crippen molar-refractivity contribution in [3.63, 3.8) is 0 Å². The Labute approximate surface area is 179 Å². The molecule has 1 aromatic carbocycles. The highest BCUT2D eigenvalue weighted by atomic mass is 19.1. The normalized spacial score (nSPS) is 23.0. The molecule has 0 amide bonds. The lowest BCUT2D eigenvalue weighted by Crippen LogP contribution is -2.44. The number of nitrogens with zero attached hydrogens (tertiary/aromatic N) is 2. The maximum atomic E-state index is 14.6. The largest absolute Gasteiger partial charge is 0.458 e. The van der Waals surface area contributed by atoms with Gasteiger partial charge < -0.3 is 19.0 Å². The quantitative estimate of drug-likeness (QED) is 0.459. The molecule has 6 rings (SSSR count). The van der Waals surface area contributed by atoms with Crippen molar-refractivity contribution in [3.05, 3.63) is 67.0 Å². The molecule has 5 heterocycles. The van der Waals surface area contributed by atoms with Crippen LogP contribution in [0.2, 0.25) is 0 Å². The zero-order valence-electron chi connectivity index (χ0n) is 17.1. The van der Waals surface area contributed by atoms with Gasteiger partial charge in [0.1, 0.15) is 18.6 Å². The summed E-state index contributed by atoms with van der Waals surface area (Å²) in [6.45, 7) is 1.69. The monoisotopic (exact) mass is 440 g/mol. The minimum absolute atomic E-state index is 0.0109. The van der Waals surface area contributed by atoms with Gasteiger partial charge >= 0.3 is 5.97 Å². The first-order valence-corrected chi connectivity index (χ1v) is 10.5.